The van der Waals surface area contributed by atoms with Crippen molar-refractivity contribution < 1.29 is 14.4 Å². The van der Waals surface area contributed by atoms with Gasteiger partial charge in [0.15, 0.2) is 0 Å². The van der Waals surface area contributed by atoms with E-state index < -0.39 is 7.60 Å². The number of hydrogen-bond acceptors (Lipinski definition) is 1. The molecule has 5 heteroatoms. The fourth-order valence-corrected chi connectivity index (χ4v) is 6.89. The number of halogens is 1. The van der Waals surface area contributed by atoms with Gasteiger partial charge in [-0.25, -0.2) is 0 Å². The molecule has 0 aliphatic heterocycles. The van der Waals surface area contributed by atoms with Gasteiger partial charge in [0.2, 0.25) is 0 Å². The predicted molar refractivity (Wildman–Crippen MR) is 185 cm³/mol. The lowest BCUT2D eigenvalue weighted by atomic mass is 10.0. The van der Waals surface area contributed by atoms with Crippen LogP contribution < -0.4 is 0 Å². The predicted octanol–water partition coefficient (Wildman–Crippen LogP) is 13.7. The van der Waals surface area contributed by atoms with Crippen molar-refractivity contribution in [1.82, 2.24) is 0 Å². The molecule has 0 amide bonds. The molecule has 0 aliphatic rings. The largest absolute Gasteiger partial charge is 0.325 e. The minimum atomic E-state index is -3.77. The first-order valence-electron chi connectivity index (χ1n) is 18.7. The first-order valence-corrected chi connectivity index (χ1v) is 21.0. The Morgan fingerprint density at radius 3 is 0.585 bits per heavy atom. The topological polar surface area (TPSA) is 57.5 Å². The molecule has 3 nitrogen and oxygen atoms in total. The van der Waals surface area contributed by atoms with Crippen molar-refractivity contribution in [2.24, 2.45) is 0 Å². The normalized spacial score (nSPS) is 12.0. The van der Waals surface area contributed by atoms with Gasteiger partial charge in [-0.05, 0) is 12.8 Å². The van der Waals surface area contributed by atoms with Crippen LogP contribution in [0.4, 0.5) is 0 Å². The summed E-state index contributed by atoms with van der Waals surface area (Å²) in [6.45, 7) is 0. The van der Waals surface area contributed by atoms with Crippen molar-refractivity contribution in [3.8, 4) is 0 Å². The van der Waals surface area contributed by atoms with Gasteiger partial charge in [0.05, 0.1) is 0 Å². The maximum atomic E-state index is 10.8. The lowest BCUT2D eigenvalue weighted by molar-refractivity contribution is 0.370. The molecule has 0 heterocycles. The molecule has 0 unspecified atom stereocenters. The van der Waals surface area contributed by atoms with Gasteiger partial charge in [0, 0.05) is 12.0 Å². The van der Waals surface area contributed by atoms with Crippen LogP contribution in [0.25, 0.3) is 0 Å². The van der Waals surface area contributed by atoms with E-state index in [0.717, 1.165) is 18.7 Å². The van der Waals surface area contributed by atoms with Crippen LogP contribution in [0, 0.1) is 0 Å². The Labute approximate surface area is 263 Å². The van der Waals surface area contributed by atoms with E-state index in [0.29, 0.717) is 6.42 Å². The number of hydrogen-bond donors (Lipinski definition) is 2. The summed E-state index contributed by atoms with van der Waals surface area (Å²) in [5.74, 6) is 0.838. The van der Waals surface area contributed by atoms with Gasteiger partial charge in [-0.3, -0.25) is 4.57 Å². The molecule has 0 rings (SSSR count). The second-order valence-electron chi connectivity index (χ2n) is 13.1. The molecule has 2 N–H and O–H groups in total. The first kappa shape index (κ1) is 41.4. The van der Waals surface area contributed by atoms with E-state index in [1.165, 1.54) is 199 Å². The molecule has 248 valence electrons. The maximum Gasteiger partial charge on any atom is 0.325 e. The van der Waals surface area contributed by atoms with Gasteiger partial charge in [0.25, 0.3) is 0 Å². The van der Waals surface area contributed by atoms with Gasteiger partial charge in [-0.1, -0.05) is 205 Å². The van der Waals surface area contributed by atoms with Crippen LogP contribution in [-0.4, -0.2) is 21.8 Å². The van der Waals surface area contributed by atoms with Crippen LogP contribution in [0.2, 0.25) is 0 Å². The summed E-state index contributed by atoms with van der Waals surface area (Å²) in [5.41, 5.74) is 0. The van der Waals surface area contributed by atoms with Crippen LogP contribution in [0.5, 0.6) is 0 Å². The average molecular weight is 621 g/mol. The van der Waals surface area contributed by atoms with Crippen LogP contribution in [-0.2, 0) is 4.57 Å². The van der Waals surface area contributed by atoms with E-state index in [2.05, 4.69) is 0 Å². The van der Waals surface area contributed by atoms with E-state index in [1.807, 2.05) is 0 Å². The van der Waals surface area contributed by atoms with Crippen molar-refractivity contribution in [3.63, 3.8) is 0 Å². The monoisotopic (exact) mass is 621 g/mol. The Kier molecular flexibility index (Phi) is 35.3. The fourth-order valence-electron chi connectivity index (χ4n) is 6.07. The summed E-state index contributed by atoms with van der Waals surface area (Å²) in [7, 11) is -3.77. The minimum absolute atomic E-state index is 0.0606. The van der Waals surface area contributed by atoms with Gasteiger partial charge in [-0.2, -0.15) is 0 Å². The SMILES string of the molecule is O=P(O)(O)CCCCCCCCCCCCCCCCCCCCCCCCCCCCCCCCCCCCCl. The van der Waals surface area contributed by atoms with Crippen LogP contribution in [0.3, 0.4) is 0 Å². The highest BCUT2D eigenvalue weighted by Crippen LogP contribution is 2.35. The van der Waals surface area contributed by atoms with E-state index >= 15 is 0 Å². The molecule has 0 aromatic carbocycles. The molecule has 0 spiro atoms. The third kappa shape index (κ3) is 40.4. The van der Waals surface area contributed by atoms with Crippen molar-refractivity contribution in [2.45, 2.75) is 218 Å². The summed E-state index contributed by atoms with van der Waals surface area (Å²) in [6, 6.07) is 0. The molecule has 0 aromatic rings. The molecule has 0 bridgehead atoms. The Morgan fingerprint density at radius 2 is 0.439 bits per heavy atom. The Balaban J connectivity index is 3.05. The smallest absolute Gasteiger partial charge is 0.324 e. The first-order chi connectivity index (χ1) is 20.1. The Hall–Kier alpha value is 0.440. The second-order valence-corrected chi connectivity index (χ2v) is 15.3. The highest BCUT2D eigenvalue weighted by Gasteiger charge is 2.10. The van der Waals surface area contributed by atoms with E-state index in [-0.39, 0.29) is 6.16 Å². The average Bonchev–Trinajstić information content (AvgIpc) is 2.94. The minimum Gasteiger partial charge on any atom is -0.324 e. The van der Waals surface area contributed by atoms with E-state index in [1.54, 1.807) is 0 Å². The lowest BCUT2D eigenvalue weighted by Gasteiger charge is -2.05. The van der Waals surface area contributed by atoms with Gasteiger partial charge in [-0.15, -0.1) is 11.6 Å². The molecule has 41 heavy (non-hydrogen) atoms. The van der Waals surface area contributed by atoms with Crippen molar-refractivity contribution in [1.29, 1.82) is 0 Å². The highest BCUT2D eigenvalue weighted by molar-refractivity contribution is 7.51. The van der Waals surface area contributed by atoms with Crippen LogP contribution >= 0.6 is 19.2 Å². The number of rotatable bonds is 36. The van der Waals surface area contributed by atoms with E-state index in [9.17, 15) is 4.57 Å². The molecule has 0 saturated carbocycles. The summed E-state index contributed by atoms with van der Waals surface area (Å²) in [5, 5.41) is 0. The molecule has 0 aromatic heterocycles. The highest BCUT2D eigenvalue weighted by atomic mass is 35.5. The van der Waals surface area contributed by atoms with Crippen molar-refractivity contribution in [3.05, 3.63) is 0 Å². The molecular formula is C36H74ClO3P. The number of alkyl halides is 1. The summed E-state index contributed by atoms with van der Waals surface area (Å²) >= 11 is 5.72. The van der Waals surface area contributed by atoms with Gasteiger partial charge >= 0.3 is 7.60 Å². The van der Waals surface area contributed by atoms with Crippen molar-refractivity contribution >= 4 is 19.2 Å². The summed E-state index contributed by atoms with van der Waals surface area (Å²) in [6.07, 6.45) is 46.6. The standard InChI is InChI=1S/C36H74ClO3P/c37-35-33-31-29-27-25-23-21-19-17-15-13-11-9-7-5-3-1-2-4-6-8-10-12-14-16-18-20-22-24-26-28-30-32-34-36-41(38,39)40/h1-36H2,(H2,38,39,40). The third-order valence-electron chi connectivity index (χ3n) is 8.83. The van der Waals surface area contributed by atoms with E-state index in [4.69, 9.17) is 21.4 Å². The number of unbranched alkanes of at least 4 members (excludes halogenated alkanes) is 33. The van der Waals surface area contributed by atoms with Gasteiger partial charge < -0.3 is 9.79 Å². The Morgan fingerprint density at radius 1 is 0.293 bits per heavy atom. The quantitative estimate of drug-likeness (QED) is 0.0416. The zero-order valence-electron chi connectivity index (χ0n) is 27.6. The third-order valence-corrected chi connectivity index (χ3v) is 10.00. The van der Waals surface area contributed by atoms with Crippen molar-refractivity contribution in [2.75, 3.05) is 12.0 Å². The zero-order chi connectivity index (χ0) is 30.0. The molecular weight excluding hydrogens is 547 g/mol. The molecule has 0 saturated heterocycles. The molecule has 0 atom stereocenters. The fraction of sp³-hybridized carbons (Fsp3) is 1.00. The molecule has 0 radical (unpaired) electrons. The van der Waals surface area contributed by atoms with Crippen LogP contribution in [0.1, 0.15) is 218 Å². The molecule has 0 fully saturated rings. The lowest BCUT2D eigenvalue weighted by Crippen LogP contribution is -1.88. The summed E-state index contributed by atoms with van der Waals surface area (Å²) < 4.78 is 10.8. The second kappa shape index (κ2) is 34.9. The molecule has 0 aliphatic carbocycles. The summed E-state index contributed by atoms with van der Waals surface area (Å²) in [4.78, 5) is 17.7. The van der Waals surface area contributed by atoms with Gasteiger partial charge in [0.1, 0.15) is 0 Å². The maximum absolute atomic E-state index is 10.8. The zero-order valence-corrected chi connectivity index (χ0v) is 29.2. The van der Waals surface area contributed by atoms with Crippen LogP contribution in [0.15, 0.2) is 0 Å². The Bertz CT molecular complexity index is 525.